The molecule has 2 nitrogen and oxygen atoms in total. The van der Waals surface area contributed by atoms with Crippen molar-refractivity contribution in [2.24, 2.45) is 0 Å². The molecule has 0 fully saturated rings. The van der Waals surface area contributed by atoms with Gasteiger partial charge in [-0.15, -0.1) is 11.6 Å². The Morgan fingerprint density at radius 1 is 1.54 bits per heavy atom. The standard InChI is InChI=1S/C8H8ClF2NO/c1-5-2-6(4-9)3-7(12-5)13-8(10)11/h2-3,8H,4H2,1H3. The van der Waals surface area contributed by atoms with Gasteiger partial charge in [-0.1, -0.05) is 0 Å². The van der Waals surface area contributed by atoms with Crippen molar-refractivity contribution in [1.82, 2.24) is 4.98 Å². The van der Waals surface area contributed by atoms with Crippen LogP contribution in [0, 0.1) is 6.92 Å². The van der Waals surface area contributed by atoms with Crippen LogP contribution in [0.4, 0.5) is 8.78 Å². The first-order valence-corrected chi connectivity index (χ1v) is 4.13. The zero-order chi connectivity index (χ0) is 9.84. The monoisotopic (exact) mass is 207 g/mol. The van der Waals surface area contributed by atoms with Gasteiger partial charge in [-0.3, -0.25) is 0 Å². The zero-order valence-corrected chi connectivity index (χ0v) is 7.68. The second-order valence-electron chi connectivity index (χ2n) is 2.47. The van der Waals surface area contributed by atoms with Gasteiger partial charge >= 0.3 is 6.61 Å². The van der Waals surface area contributed by atoms with Crippen molar-refractivity contribution in [1.29, 1.82) is 0 Å². The molecule has 0 aliphatic carbocycles. The van der Waals surface area contributed by atoms with Crippen molar-refractivity contribution in [2.45, 2.75) is 19.4 Å². The van der Waals surface area contributed by atoms with Crippen LogP contribution in [0.5, 0.6) is 5.88 Å². The van der Waals surface area contributed by atoms with Crippen molar-refractivity contribution >= 4 is 11.6 Å². The molecule has 1 heterocycles. The van der Waals surface area contributed by atoms with E-state index in [1.165, 1.54) is 6.07 Å². The minimum absolute atomic E-state index is 0.0920. The number of aryl methyl sites for hydroxylation is 1. The van der Waals surface area contributed by atoms with Crippen molar-refractivity contribution in [3.8, 4) is 5.88 Å². The lowest BCUT2D eigenvalue weighted by molar-refractivity contribution is -0.0529. The summed E-state index contributed by atoms with van der Waals surface area (Å²) in [7, 11) is 0. The normalized spacial score (nSPS) is 10.5. The maximum atomic E-state index is 11.8. The lowest BCUT2D eigenvalue weighted by Gasteiger charge is -2.05. The highest BCUT2D eigenvalue weighted by Crippen LogP contribution is 2.15. The first kappa shape index (κ1) is 10.2. The molecular formula is C8H8ClF2NO. The predicted molar refractivity (Wildman–Crippen MR) is 45.2 cm³/mol. The molecule has 1 aromatic heterocycles. The fourth-order valence-electron chi connectivity index (χ4n) is 0.936. The lowest BCUT2D eigenvalue weighted by atomic mass is 10.2. The van der Waals surface area contributed by atoms with Crippen LogP contribution in [0.2, 0.25) is 0 Å². The molecule has 0 unspecified atom stereocenters. The van der Waals surface area contributed by atoms with Gasteiger partial charge in [0.05, 0.1) is 0 Å². The molecule has 0 N–H and O–H groups in total. The second kappa shape index (κ2) is 4.37. The summed E-state index contributed by atoms with van der Waals surface area (Å²) in [6.45, 7) is -1.16. The highest BCUT2D eigenvalue weighted by atomic mass is 35.5. The zero-order valence-electron chi connectivity index (χ0n) is 6.93. The van der Waals surface area contributed by atoms with Gasteiger partial charge in [-0.2, -0.15) is 8.78 Å². The summed E-state index contributed by atoms with van der Waals surface area (Å²) < 4.78 is 27.7. The number of halogens is 3. The van der Waals surface area contributed by atoms with E-state index in [4.69, 9.17) is 11.6 Å². The van der Waals surface area contributed by atoms with E-state index in [2.05, 4.69) is 9.72 Å². The molecule has 5 heteroatoms. The average Bonchev–Trinajstić information content (AvgIpc) is 2.01. The fraction of sp³-hybridized carbons (Fsp3) is 0.375. The molecule has 0 atom stereocenters. The Morgan fingerprint density at radius 3 is 2.77 bits per heavy atom. The smallest absolute Gasteiger partial charge is 0.388 e. The Morgan fingerprint density at radius 2 is 2.23 bits per heavy atom. The van der Waals surface area contributed by atoms with E-state index >= 15 is 0 Å². The Kier molecular flexibility index (Phi) is 3.42. The summed E-state index contributed by atoms with van der Waals surface area (Å²) in [4.78, 5) is 3.76. The molecule has 1 rings (SSSR count). The summed E-state index contributed by atoms with van der Waals surface area (Å²) in [5, 5.41) is 0. The van der Waals surface area contributed by atoms with Gasteiger partial charge in [0.15, 0.2) is 0 Å². The van der Waals surface area contributed by atoms with Gasteiger partial charge in [0.1, 0.15) is 0 Å². The van der Waals surface area contributed by atoms with Crippen LogP contribution in [0.1, 0.15) is 11.3 Å². The van der Waals surface area contributed by atoms with Gasteiger partial charge < -0.3 is 4.74 Å². The molecule has 0 amide bonds. The molecule has 0 bridgehead atoms. The van der Waals surface area contributed by atoms with Gasteiger partial charge in [0, 0.05) is 17.6 Å². The summed E-state index contributed by atoms with van der Waals surface area (Å²) >= 11 is 5.54. The van der Waals surface area contributed by atoms with Crippen LogP contribution in [-0.4, -0.2) is 11.6 Å². The average molecular weight is 208 g/mol. The molecule has 1 aromatic rings. The number of aromatic nitrogens is 1. The Labute approximate surface area is 79.5 Å². The predicted octanol–water partition coefficient (Wildman–Crippen LogP) is 2.73. The van der Waals surface area contributed by atoms with Crippen LogP contribution in [0.3, 0.4) is 0 Å². The molecular weight excluding hydrogens is 200 g/mol. The minimum atomic E-state index is -2.85. The summed E-state index contributed by atoms with van der Waals surface area (Å²) in [5.74, 6) is 0.161. The maximum Gasteiger partial charge on any atom is 0.388 e. The SMILES string of the molecule is Cc1cc(CCl)cc(OC(F)F)n1. The van der Waals surface area contributed by atoms with E-state index in [9.17, 15) is 8.78 Å². The highest BCUT2D eigenvalue weighted by molar-refractivity contribution is 6.17. The van der Waals surface area contributed by atoms with Crippen molar-refractivity contribution in [3.63, 3.8) is 0 Å². The third-order valence-electron chi connectivity index (χ3n) is 1.35. The van der Waals surface area contributed by atoms with E-state index in [1.807, 2.05) is 0 Å². The van der Waals surface area contributed by atoms with Crippen LogP contribution < -0.4 is 4.74 Å². The van der Waals surface area contributed by atoms with E-state index < -0.39 is 6.61 Å². The molecule has 13 heavy (non-hydrogen) atoms. The van der Waals surface area contributed by atoms with Crippen molar-refractivity contribution in [3.05, 3.63) is 23.4 Å². The molecule has 0 saturated carbocycles. The van der Waals surface area contributed by atoms with Crippen molar-refractivity contribution < 1.29 is 13.5 Å². The number of nitrogens with zero attached hydrogens (tertiary/aromatic N) is 1. The second-order valence-corrected chi connectivity index (χ2v) is 2.73. The van der Waals surface area contributed by atoms with E-state index in [1.54, 1.807) is 13.0 Å². The van der Waals surface area contributed by atoms with Gasteiger partial charge in [-0.05, 0) is 18.6 Å². The number of hydrogen-bond donors (Lipinski definition) is 0. The van der Waals surface area contributed by atoms with Crippen LogP contribution in [0.25, 0.3) is 0 Å². The maximum absolute atomic E-state index is 11.8. The number of hydrogen-bond acceptors (Lipinski definition) is 2. The molecule has 72 valence electrons. The third kappa shape index (κ3) is 3.14. The van der Waals surface area contributed by atoms with Crippen LogP contribution in [-0.2, 0) is 5.88 Å². The van der Waals surface area contributed by atoms with E-state index in [-0.39, 0.29) is 11.8 Å². The van der Waals surface area contributed by atoms with Crippen molar-refractivity contribution in [2.75, 3.05) is 0 Å². The summed E-state index contributed by atoms with van der Waals surface area (Å²) in [6.07, 6.45) is 0. The Bertz CT molecular complexity index is 293. The molecule has 0 spiro atoms. The van der Waals surface area contributed by atoms with Crippen LogP contribution in [0.15, 0.2) is 12.1 Å². The number of pyridine rings is 1. The van der Waals surface area contributed by atoms with E-state index in [0.29, 0.717) is 11.3 Å². The largest absolute Gasteiger partial charge is 0.417 e. The first-order chi connectivity index (χ1) is 6.11. The minimum Gasteiger partial charge on any atom is -0.417 e. The lowest BCUT2D eigenvalue weighted by Crippen LogP contribution is -2.04. The fourth-order valence-corrected chi connectivity index (χ4v) is 1.09. The summed E-state index contributed by atoms with van der Waals surface area (Å²) in [6, 6.07) is 3.11. The van der Waals surface area contributed by atoms with E-state index in [0.717, 1.165) is 0 Å². The summed E-state index contributed by atoms with van der Waals surface area (Å²) in [5.41, 5.74) is 1.32. The number of alkyl halides is 3. The quantitative estimate of drug-likeness (QED) is 0.711. The van der Waals surface area contributed by atoms with Crippen LogP contribution >= 0.6 is 11.6 Å². The Balaban J connectivity index is 2.88. The number of rotatable bonds is 3. The number of ether oxygens (including phenoxy) is 1. The molecule has 0 aromatic carbocycles. The highest BCUT2D eigenvalue weighted by Gasteiger charge is 2.06. The molecule has 0 radical (unpaired) electrons. The molecule has 0 saturated heterocycles. The Hall–Kier alpha value is -0.900. The third-order valence-corrected chi connectivity index (χ3v) is 1.66. The topological polar surface area (TPSA) is 22.1 Å². The van der Waals surface area contributed by atoms with Gasteiger partial charge in [0.2, 0.25) is 5.88 Å². The van der Waals surface area contributed by atoms with Gasteiger partial charge in [-0.25, -0.2) is 4.98 Å². The first-order valence-electron chi connectivity index (χ1n) is 3.60. The molecule has 0 aliphatic rings. The molecule has 0 aliphatic heterocycles. The van der Waals surface area contributed by atoms with Gasteiger partial charge in [0.25, 0.3) is 0 Å².